The maximum Gasteiger partial charge on any atom is 0.122 e. The lowest BCUT2D eigenvalue weighted by Gasteiger charge is -2.15. The van der Waals surface area contributed by atoms with Gasteiger partial charge in [0.1, 0.15) is 5.75 Å². The Morgan fingerprint density at radius 1 is 1.44 bits per heavy atom. The Morgan fingerprint density at radius 3 is 3.19 bits per heavy atom. The Morgan fingerprint density at radius 2 is 2.38 bits per heavy atom. The number of nitrogens with two attached hydrogens (primary N) is 1. The topological polar surface area (TPSA) is 38.5 Å². The number of rotatable bonds is 2. The first-order chi connectivity index (χ1) is 7.81. The van der Waals surface area contributed by atoms with Crippen LogP contribution < -0.4 is 10.5 Å². The predicted molar refractivity (Wildman–Crippen MR) is 63.5 cm³/mol. The average Bonchev–Trinajstić information content (AvgIpc) is 2.87. The zero-order chi connectivity index (χ0) is 11.0. The molecule has 0 radical (unpaired) electrons. The molecule has 0 saturated carbocycles. The predicted octanol–water partition coefficient (Wildman–Crippen LogP) is 1.15. The molecule has 0 spiro atoms. The van der Waals surface area contributed by atoms with Crippen molar-refractivity contribution in [1.82, 2.24) is 4.90 Å². The fourth-order valence-electron chi connectivity index (χ4n) is 2.60. The van der Waals surface area contributed by atoms with E-state index < -0.39 is 0 Å². The van der Waals surface area contributed by atoms with Crippen LogP contribution in [0.2, 0.25) is 0 Å². The summed E-state index contributed by atoms with van der Waals surface area (Å²) in [6.45, 7) is 4.04. The number of ether oxygens (including phenoxy) is 1. The number of likely N-dealkylation sites (tertiary alicyclic amines) is 1. The number of fused-ring (bicyclic) bond motifs is 1. The number of hydrogen-bond donors (Lipinski definition) is 1. The first-order valence-corrected chi connectivity index (χ1v) is 6.04. The molecule has 2 aliphatic heterocycles. The summed E-state index contributed by atoms with van der Waals surface area (Å²) in [5.74, 6) is 1.07. The first-order valence-electron chi connectivity index (χ1n) is 6.04. The van der Waals surface area contributed by atoms with Crippen molar-refractivity contribution in [1.29, 1.82) is 0 Å². The number of nitrogens with zero attached hydrogens (tertiary/aromatic N) is 1. The molecule has 2 aliphatic rings. The van der Waals surface area contributed by atoms with Gasteiger partial charge in [0.25, 0.3) is 0 Å². The molecule has 2 heterocycles. The van der Waals surface area contributed by atoms with Crippen molar-refractivity contribution in [3.8, 4) is 5.75 Å². The van der Waals surface area contributed by atoms with Gasteiger partial charge in [0, 0.05) is 32.1 Å². The summed E-state index contributed by atoms with van der Waals surface area (Å²) in [5.41, 5.74) is 8.66. The summed E-state index contributed by atoms with van der Waals surface area (Å²) < 4.78 is 5.51. The molecule has 0 amide bonds. The van der Waals surface area contributed by atoms with Crippen molar-refractivity contribution in [2.24, 2.45) is 5.73 Å². The fourth-order valence-corrected chi connectivity index (χ4v) is 2.60. The summed E-state index contributed by atoms with van der Waals surface area (Å²) in [6, 6.07) is 6.94. The molecule has 3 nitrogen and oxygen atoms in total. The molecule has 1 aromatic rings. The van der Waals surface area contributed by atoms with Gasteiger partial charge in [-0.25, -0.2) is 0 Å². The molecule has 3 heteroatoms. The van der Waals surface area contributed by atoms with Gasteiger partial charge in [-0.1, -0.05) is 12.1 Å². The Bertz CT molecular complexity index is 392. The lowest BCUT2D eigenvalue weighted by molar-refractivity contribution is 0.326. The zero-order valence-corrected chi connectivity index (χ0v) is 9.48. The van der Waals surface area contributed by atoms with Gasteiger partial charge in [-0.3, -0.25) is 4.90 Å². The smallest absolute Gasteiger partial charge is 0.122 e. The highest BCUT2D eigenvalue weighted by molar-refractivity contribution is 5.39. The van der Waals surface area contributed by atoms with E-state index in [9.17, 15) is 0 Å². The third-order valence-corrected chi connectivity index (χ3v) is 3.47. The normalized spacial score (nSPS) is 24.4. The second-order valence-corrected chi connectivity index (χ2v) is 4.82. The highest BCUT2D eigenvalue weighted by atomic mass is 16.5. The maximum atomic E-state index is 5.91. The van der Waals surface area contributed by atoms with Gasteiger partial charge >= 0.3 is 0 Å². The quantitative estimate of drug-likeness (QED) is 0.809. The van der Waals surface area contributed by atoms with E-state index in [0.717, 1.165) is 44.8 Å². The molecule has 0 bridgehead atoms. The second-order valence-electron chi connectivity index (χ2n) is 4.82. The molecule has 1 saturated heterocycles. The van der Waals surface area contributed by atoms with Crippen molar-refractivity contribution in [3.05, 3.63) is 29.3 Å². The first kappa shape index (κ1) is 10.1. The largest absolute Gasteiger partial charge is 0.493 e. The van der Waals surface area contributed by atoms with Crippen LogP contribution in [0.4, 0.5) is 0 Å². The van der Waals surface area contributed by atoms with E-state index >= 15 is 0 Å². The SMILES string of the molecule is NC1CCN(Cc2ccc3c(c2)CCO3)C1. The van der Waals surface area contributed by atoms with E-state index in [4.69, 9.17) is 10.5 Å². The summed E-state index contributed by atoms with van der Waals surface area (Å²) in [5, 5.41) is 0. The average molecular weight is 218 g/mol. The van der Waals surface area contributed by atoms with Crippen molar-refractivity contribution >= 4 is 0 Å². The highest BCUT2D eigenvalue weighted by Crippen LogP contribution is 2.26. The standard InChI is InChI=1S/C13H18N2O/c14-12-3-5-15(9-12)8-10-1-2-13-11(7-10)4-6-16-13/h1-2,7,12H,3-6,8-9,14H2. The van der Waals surface area contributed by atoms with Gasteiger partial charge in [-0.05, 0) is 23.6 Å². The van der Waals surface area contributed by atoms with Crippen LogP contribution in [0.3, 0.4) is 0 Å². The van der Waals surface area contributed by atoms with Gasteiger partial charge < -0.3 is 10.5 Å². The summed E-state index contributed by atoms with van der Waals surface area (Å²) in [7, 11) is 0. The second kappa shape index (κ2) is 4.07. The monoisotopic (exact) mass is 218 g/mol. The Kier molecular flexibility index (Phi) is 2.58. The van der Waals surface area contributed by atoms with Crippen molar-refractivity contribution in [2.75, 3.05) is 19.7 Å². The van der Waals surface area contributed by atoms with Crippen molar-refractivity contribution in [3.63, 3.8) is 0 Å². The van der Waals surface area contributed by atoms with Crippen LogP contribution >= 0.6 is 0 Å². The summed E-state index contributed by atoms with van der Waals surface area (Å²) in [6.07, 6.45) is 2.19. The third-order valence-electron chi connectivity index (χ3n) is 3.47. The van der Waals surface area contributed by atoms with Crippen LogP contribution in [-0.2, 0) is 13.0 Å². The molecule has 1 atom stereocenters. The Hall–Kier alpha value is -1.06. The number of hydrogen-bond acceptors (Lipinski definition) is 3. The number of benzene rings is 1. The van der Waals surface area contributed by atoms with Crippen LogP contribution in [0.1, 0.15) is 17.5 Å². The maximum absolute atomic E-state index is 5.91. The lowest BCUT2D eigenvalue weighted by atomic mass is 10.1. The van der Waals surface area contributed by atoms with Gasteiger partial charge in [0.2, 0.25) is 0 Å². The lowest BCUT2D eigenvalue weighted by Crippen LogP contribution is -2.26. The Balaban J connectivity index is 1.71. The van der Waals surface area contributed by atoms with Crippen molar-refractivity contribution < 1.29 is 4.74 Å². The van der Waals surface area contributed by atoms with E-state index in [1.54, 1.807) is 0 Å². The van der Waals surface area contributed by atoms with Crippen molar-refractivity contribution in [2.45, 2.75) is 25.4 Å². The van der Waals surface area contributed by atoms with E-state index in [1.807, 2.05) is 0 Å². The van der Waals surface area contributed by atoms with Gasteiger partial charge in [0.15, 0.2) is 0 Å². The van der Waals surface area contributed by atoms with Crippen LogP contribution in [0.5, 0.6) is 5.75 Å². The molecule has 86 valence electrons. The molecule has 3 rings (SSSR count). The molecule has 1 aromatic carbocycles. The van der Waals surface area contributed by atoms with Gasteiger partial charge in [-0.15, -0.1) is 0 Å². The van der Waals surface area contributed by atoms with E-state index in [1.165, 1.54) is 11.1 Å². The third kappa shape index (κ3) is 1.93. The van der Waals surface area contributed by atoms with E-state index in [2.05, 4.69) is 23.1 Å². The molecular formula is C13H18N2O. The van der Waals surface area contributed by atoms with E-state index in [-0.39, 0.29) is 0 Å². The van der Waals surface area contributed by atoms with E-state index in [0.29, 0.717) is 6.04 Å². The molecule has 16 heavy (non-hydrogen) atoms. The summed E-state index contributed by atoms with van der Waals surface area (Å²) >= 11 is 0. The van der Waals surface area contributed by atoms with Gasteiger partial charge in [0.05, 0.1) is 6.61 Å². The molecular weight excluding hydrogens is 200 g/mol. The Labute approximate surface area is 96.2 Å². The molecule has 0 aromatic heterocycles. The highest BCUT2D eigenvalue weighted by Gasteiger charge is 2.19. The molecule has 0 aliphatic carbocycles. The molecule has 2 N–H and O–H groups in total. The van der Waals surface area contributed by atoms with Crippen LogP contribution in [0, 0.1) is 0 Å². The minimum Gasteiger partial charge on any atom is -0.493 e. The summed E-state index contributed by atoms with van der Waals surface area (Å²) in [4.78, 5) is 2.43. The minimum absolute atomic E-state index is 0.373. The van der Waals surface area contributed by atoms with Gasteiger partial charge in [-0.2, -0.15) is 0 Å². The molecule has 1 unspecified atom stereocenters. The fraction of sp³-hybridized carbons (Fsp3) is 0.538. The van der Waals surface area contributed by atoms with Crippen LogP contribution in [-0.4, -0.2) is 30.6 Å². The zero-order valence-electron chi connectivity index (χ0n) is 9.48. The molecule has 1 fully saturated rings. The van der Waals surface area contributed by atoms with Crippen LogP contribution in [0.25, 0.3) is 0 Å². The minimum atomic E-state index is 0.373. The van der Waals surface area contributed by atoms with Crippen LogP contribution in [0.15, 0.2) is 18.2 Å².